The number of halogens is 3. The summed E-state index contributed by atoms with van der Waals surface area (Å²) >= 11 is 10.9. The number of hydrogen-bond donors (Lipinski definition) is 1. The number of nitrogens with zero attached hydrogens (tertiary/aromatic N) is 2. The van der Waals surface area contributed by atoms with E-state index in [0.717, 1.165) is 50.4 Å². The van der Waals surface area contributed by atoms with Gasteiger partial charge < -0.3 is 14.6 Å². The van der Waals surface area contributed by atoms with Crippen molar-refractivity contribution in [1.82, 2.24) is 9.47 Å². The van der Waals surface area contributed by atoms with E-state index in [0.29, 0.717) is 13.1 Å². The molecule has 1 N–H and O–H groups in total. The van der Waals surface area contributed by atoms with Crippen molar-refractivity contribution in [2.24, 2.45) is 0 Å². The molecule has 0 aliphatic heterocycles. The van der Waals surface area contributed by atoms with Gasteiger partial charge in [0.05, 0.1) is 18.2 Å². The average Bonchev–Trinajstić information content (AvgIpc) is 2.88. The maximum atomic E-state index is 10.9. The summed E-state index contributed by atoms with van der Waals surface area (Å²) in [6.07, 6.45) is 1.80. The number of benzene rings is 2. The smallest absolute Gasteiger partial charge is 0.0845 e. The van der Waals surface area contributed by atoms with Crippen molar-refractivity contribution in [3.8, 4) is 0 Å². The molecule has 0 amide bonds. The molecule has 0 bridgehead atoms. The second-order valence-electron chi connectivity index (χ2n) is 7.01. The number of aliphatic hydroxyl groups is 1. The molecule has 146 valence electrons. The van der Waals surface area contributed by atoms with Crippen LogP contribution in [0.25, 0.3) is 21.8 Å². The molecule has 2 aromatic carbocycles. The summed E-state index contributed by atoms with van der Waals surface area (Å²) in [5.41, 5.74) is 2.27. The molecule has 1 aromatic heterocycles. The van der Waals surface area contributed by atoms with Gasteiger partial charge >= 0.3 is 0 Å². The first-order valence-corrected chi connectivity index (χ1v) is 11.8. The van der Waals surface area contributed by atoms with Crippen LogP contribution in [-0.4, -0.2) is 40.3 Å². The molecular weight excluding hydrogens is 536 g/mol. The number of aromatic nitrogens is 1. The zero-order valence-corrected chi connectivity index (χ0v) is 20.4. The van der Waals surface area contributed by atoms with Crippen LogP contribution in [0, 0.1) is 0 Å². The molecule has 3 aromatic rings. The molecule has 3 rings (SSSR count). The van der Waals surface area contributed by atoms with Gasteiger partial charge in [-0.3, -0.25) is 0 Å². The Labute approximate surface area is 186 Å². The average molecular weight is 561 g/mol. The van der Waals surface area contributed by atoms with Crippen molar-refractivity contribution < 1.29 is 5.11 Å². The fourth-order valence-electron chi connectivity index (χ4n) is 3.81. The topological polar surface area (TPSA) is 28.4 Å². The molecule has 0 saturated heterocycles. The first-order valence-electron chi connectivity index (χ1n) is 9.41. The molecule has 6 heteroatoms. The molecule has 0 radical (unpaired) electrons. The van der Waals surface area contributed by atoms with Crippen LogP contribution >= 0.6 is 47.8 Å². The van der Waals surface area contributed by atoms with Gasteiger partial charge in [-0.1, -0.05) is 45.7 Å². The van der Waals surface area contributed by atoms with Crippen LogP contribution in [0.3, 0.4) is 0 Å². The highest BCUT2D eigenvalue weighted by molar-refractivity contribution is 9.11. The van der Waals surface area contributed by atoms with Crippen molar-refractivity contribution in [3.63, 3.8) is 0 Å². The Morgan fingerprint density at radius 2 is 1.63 bits per heavy atom. The van der Waals surface area contributed by atoms with E-state index in [9.17, 15) is 5.11 Å². The van der Waals surface area contributed by atoms with Gasteiger partial charge in [-0.25, -0.2) is 0 Å². The number of hydrogen-bond acceptors (Lipinski definition) is 2. The summed E-state index contributed by atoms with van der Waals surface area (Å²) < 4.78 is 5.38. The Kier molecular flexibility index (Phi) is 7.42. The lowest BCUT2D eigenvalue weighted by Gasteiger charge is -2.25. The van der Waals surface area contributed by atoms with Gasteiger partial charge in [-0.15, -0.1) is 0 Å². The Bertz CT molecular complexity index is 932. The highest BCUT2D eigenvalue weighted by Gasteiger charge is 2.18. The number of fused-ring (bicyclic) bond motifs is 3. The summed E-state index contributed by atoms with van der Waals surface area (Å²) in [4.78, 5) is 2.36. The quantitative estimate of drug-likeness (QED) is 0.338. The van der Waals surface area contributed by atoms with Gasteiger partial charge in [0.25, 0.3) is 0 Å². The molecule has 0 aliphatic carbocycles. The van der Waals surface area contributed by atoms with E-state index < -0.39 is 6.10 Å². The van der Waals surface area contributed by atoms with E-state index in [4.69, 9.17) is 0 Å². The monoisotopic (exact) mass is 558 g/mol. The fraction of sp³-hybridized carbons (Fsp3) is 0.429. The SMILES string of the molecule is CCCN(CCC)CC(O)Cn1c2ccc(Br)cc2c2cc(Br)cc(Br)c21. The van der Waals surface area contributed by atoms with Crippen molar-refractivity contribution >= 4 is 69.6 Å². The van der Waals surface area contributed by atoms with E-state index in [2.05, 4.69) is 101 Å². The van der Waals surface area contributed by atoms with Crippen LogP contribution in [0.4, 0.5) is 0 Å². The summed E-state index contributed by atoms with van der Waals surface area (Å²) in [5.74, 6) is 0. The zero-order chi connectivity index (χ0) is 19.6. The summed E-state index contributed by atoms with van der Waals surface area (Å²) in [5, 5.41) is 13.2. The highest BCUT2D eigenvalue weighted by Crippen LogP contribution is 2.37. The van der Waals surface area contributed by atoms with Gasteiger partial charge in [0.2, 0.25) is 0 Å². The van der Waals surface area contributed by atoms with E-state index in [1.165, 1.54) is 10.8 Å². The van der Waals surface area contributed by atoms with Crippen LogP contribution in [0.1, 0.15) is 26.7 Å². The van der Waals surface area contributed by atoms with Gasteiger partial charge in [-0.2, -0.15) is 0 Å². The minimum absolute atomic E-state index is 0.416. The maximum Gasteiger partial charge on any atom is 0.0845 e. The lowest BCUT2D eigenvalue weighted by molar-refractivity contribution is 0.0997. The molecular formula is C21H25Br3N2O. The summed E-state index contributed by atoms with van der Waals surface area (Å²) in [6, 6.07) is 10.6. The standard InChI is InChI=1S/C21H25Br3N2O/c1-3-7-25(8-4-2)12-16(27)13-26-20-6-5-14(22)9-17(20)18-10-15(23)11-19(24)21(18)26/h5-6,9-11,16,27H,3-4,7-8,12-13H2,1-2H3. The third kappa shape index (κ3) is 4.78. The second-order valence-corrected chi connectivity index (χ2v) is 9.70. The molecule has 1 heterocycles. The van der Waals surface area contributed by atoms with E-state index in [-0.39, 0.29) is 0 Å². The summed E-state index contributed by atoms with van der Waals surface area (Å²) in [6.45, 7) is 7.71. The predicted molar refractivity (Wildman–Crippen MR) is 126 cm³/mol. The number of aliphatic hydroxyl groups excluding tert-OH is 1. The van der Waals surface area contributed by atoms with E-state index in [1.54, 1.807) is 0 Å². The predicted octanol–water partition coefficient (Wildman–Crippen LogP) is 6.56. The lowest BCUT2D eigenvalue weighted by atomic mass is 10.2. The molecule has 1 unspecified atom stereocenters. The third-order valence-corrected chi connectivity index (χ3v) is 6.34. The van der Waals surface area contributed by atoms with Crippen molar-refractivity contribution in [2.75, 3.05) is 19.6 Å². The zero-order valence-electron chi connectivity index (χ0n) is 15.7. The van der Waals surface area contributed by atoms with Gasteiger partial charge in [-0.05, 0) is 72.2 Å². The molecule has 0 saturated carbocycles. The largest absolute Gasteiger partial charge is 0.390 e. The van der Waals surface area contributed by atoms with Gasteiger partial charge in [0, 0.05) is 36.3 Å². The van der Waals surface area contributed by atoms with Gasteiger partial charge in [0.1, 0.15) is 0 Å². The maximum absolute atomic E-state index is 10.9. The van der Waals surface area contributed by atoms with Crippen LogP contribution in [-0.2, 0) is 6.54 Å². The first-order chi connectivity index (χ1) is 12.9. The Morgan fingerprint density at radius 3 is 2.30 bits per heavy atom. The van der Waals surface area contributed by atoms with Crippen LogP contribution in [0.5, 0.6) is 0 Å². The van der Waals surface area contributed by atoms with Crippen LogP contribution in [0.15, 0.2) is 43.7 Å². The Balaban J connectivity index is 2.02. The molecule has 0 spiro atoms. The molecule has 27 heavy (non-hydrogen) atoms. The van der Waals surface area contributed by atoms with E-state index >= 15 is 0 Å². The summed E-state index contributed by atoms with van der Waals surface area (Å²) in [7, 11) is 0. The minimum Gasteiger partial charge on any atom is -0.390 e. The minimum atomic E-state index is -0.416. The fourth-order valence-corrected chi connectivity index (χ4v) is 5.61. The first kappa shape index (κ1) is 21.3. The highest BCUT2D eigenvalue weighted by atomic mass is 79.9. The Morgan fingerprint density at radius 1 is 0.963 bits per heavy atom. The Hall–Kier alpha value is -0.400. The van der Waals surface area contributed by atoms with Crippen molar-refractivity contribution in [3.05, 3.63) is 43.7 Å². The lowest BCUT2D eigenvalue weighted by Crippen LogP contribution is -2.35. The molecule has 0 aliphatic rings. The normalized spacial score (nSPS) is 13.1. The second kappa shape index (κ2) is 9.40. The third-order valence-electron chi connectivity index (χ3n) is 4.78. The van der Waals surface area contributed by atoms with Crippen molar-refractivity contribution in [2.45, 2.75) is 39.3 Å². The molecule has 1 atom stereocenters. The van der Waals surface area contributed by atoms with E-state index in [1.807, 2.05) is 0 Å². The molecule has 3 nitrogen and oxygen atoms in total. The van der Waals surface area contributed by atoms with Gasteiger partial charge in [0.15, 0.2) is 0 Å². The number of rotatable bonds is 8. The van der Waals surface area contributed by atoms with Crippen molar-refractivity contribution in [1.29, 1.82) is 0 Å². The van der Waals surface area contributed by atoms with Crippen LogP contribution in [0.2, 0.25) is 0 Å². The van der Waals surface area contributed by atoms with Crippen LogP contribution < -0.4 is 0 Å². The molecule has 0 fully saturated rings.